The van der Waals surface area contributed by atoms with Gasteiger partial charge in [-0.2, -0.15) is 0 Å². The SMILES string of the molecule is CCc1ccc(N2C(=O)C(=O)/C(=C(/O)c3ccc(OC)c(Br)c3)C2c2c(C)[nH]c3ccccc23)cc1. The maximum atomic E-state index is 13.5. The molecule has 2 N–H and O–H groups in total. The first kappa shape index (κ1) is 23.9. The molecule has 5 rings (SSSR count). The van der Waals surface area contributed by atoms with Crippen molar-refractivity contribution in [2.45, 2.75) is 26.3 Å². The fraction of sp³-hybridized carbons (Fsp3) is 0.172. The molecule has 2 heterocycles. The van der Waals surface area contributed by atoms with Crippen molar-refractivity contribution in [1.29, 1.82) is 0 Å². The lowest BCUT2D eigenvalue weighted by Crippen LogP contribution is -2.29. The zero-order valence-corrected chi connectivity index (χ0v) is 21.7. The second-order valence-electron chi connectivity index (χ2n) is 8.75. The van der Waals surface area contributed by atoms with Crippen LogP contribution in [0.2, 0.25) is 0 Å². The molecule has 0 radical (unpaired) electrons. The Balaban J connectivity index is 1.78. The van der Waals surface area contributed by atoms with Gasteiger partial charge in [0.2, 0.25) is 0 Å². The van der Waals surface area contributed by atoms with Crippen molar-refractivity contribution in [1.82, 2.24) is 4.98 Å². The number of carbonyl (C=O) groups is 2. The minimum atomic E-state index is -0.811. The van der Waals surface area contributed by atoms with Crippen LogP contribution in [0, 0.1) is 6.92 Å². The molecule has 1 saturated heterocycles. The first-order chi connectivity index (χ1) is 17.3. The van der Waals surface area contributed by atoms with Crippen LogP contribution in [0.15, 0.2) is 76.8 Å². The fourth-order valence-corrected chi connectivity index (χ4v) is 5.42. The number of H-pyrrole nitrogens is 1. The molecule has 0 saturated carbocycles. The number of anilines is 1. The van der Waals surface area contributed by atoms with Crippen molar-refractivity contribution in [2.75, 3.05) is 12.0 Å². The zero-order chi connectivity index (χ0) is 25.6. The van der Waals surface area contributed by atoms with Gasteiger partial charge in [0.15, 0.2) is 0 Å². The van der Waals surface area contributed by atoms with Crippen LogP contribution >= 0.6 is 15.9 Å². The quantitative estimate of drug-likeness (QED) is 0.172. The minimum Gasteiger partial charge on any atom is -0.507 e. The number of Topliss-reactive ketones (excluding diaryl/α,β-unsaturated/α-hetero) is 1. The molecular formula is C29H25BrN2O4. The highest BCUT2D eigenvalue weighted by atomic mass is 79.9. The topological polar surface area (TPSA) is 82.6 Å². The number of methoxy groups -OCH3 is 1. The van der Waals surface area contributed by atoms with Crippen LogP contribution in [0.4, 0.5) is 5.69 Å². The number of halogens is 1. The third kappa shape index (κ3) is 3.80. The van der Waals surface area contributed by atoms with Crippen molar-refractivity contribution in [3.63, 3.8) is 0 Å². The molecule has 36 heavy (non-hydrogen) atoms. The Morgan fingerprint density at radius 2 is 1.81 bits per heavy atom. The number of hydrogen-bond donors (Lipinski definition) is 2. The number of aromatic nitrogens is 1. The van der Waals surface area contributed by atoms with Crippen LogP contribution in [0.1, 0.15) is 35.3 Å². The smallest absolute Gasteiger partial charge is 0.300 e. The van der Waals surface area contributed by atoms with Gasteiger partial charge in [-0.25, -0.2) is 0 Å². The van der Waals surface area contributed by atoms with Gasteiger partial charge in [0, 0.05) is 33.4 Å². The largest absolute Gasteiger partial charge is 0.507 e. The first-order valence-corrected chi connectivity index (χ1v) is 12.5. The van der Waals surface area contributed by atoms with Gasteiger partial charge in [0.1, 0.15) is 11.5 Å². The number of amides is 1. The Kier molecular flexibility index (Phi) is 6.18. The molecule has 0 spiro atoms. The molecule has 1 amide bonds. The van der Waals surface area contributed by atoms with E-state index in [-0.39, 0.29) is 11.3 Å². The van der Waals surface area contributed by atoms with Gasteiger partial charge in [-0.1, -0.05) is 37.3 Å². The van der Waals surface area contributed by atoms with E-state index in [2.05, 4.69) is 27.8 Å². The average Bonchev–Trinajstić information content (AvgIpc) is 3.35. The Bertz CT molecular complexity index is 1530. The lowest BCUT2D eigenvalue weighted by Gasteiger charge is -2.26. The van der Waals surface area contributed by atoms with Gasteiger partial charge in [0.05, 0.1) is 23.2 Å². The van der Waals surface area contributed by atoms with Crippen LogP contribution in [0.25, 0.3) is 16.7 Å². The number of ketones is 1. The molecule has 1 aromatic heterocycles. The van der Waals surface area contributed by atoms with Gasteiger partial charge >= 0.3 is 0 Å². The standard InChI is InChI=1S/C29H25BrN2O4/c1-4-17-9-12-19(13-10-17)32-26(24-16(2)31-22-8-6-5-7-20(22)24)25(28(34)29(32)35)27(33)18-11-14-23(36-3)21(30)15-18/h5-15,26,31,33H,4H2,1-3H3/b27-25+. The van der Waals surface area contributed by atoms with Crippen molar-refractivity contribution < 1.29 is 19.4 Å². The lowest BCUT2D eigenvalue weighted by atomic mass is 9.93. The monoisotopic (exact) mass is 544 g/mol. The number of rotatable bonds is 5. The minimum absolute atomic E-state index is 0.0458. The summed E-state index contributed by atoms with van der Waals surface area (Å²) in [7, 11) is 1.55. The van der Waals surface area contributed by atoms with E-state index in [1.807, 2.05) is 55.5 Å². The van der Waals surface area contributed by atoms with Gasteiger partial charge < -0.3 is 14.8 Å². The number of nitrogens with zero attached hydrogens (tertiary/aromatic N) is 1. The van der Waals surface area contributed by atoms with E-state index in [0.29, 0.717) is 21.5 Å². The Labute approximate surface area is 217 Å². The van der Waals surface area contributed by atoms with E-state index in [1.54, 1.807) is 25.3 Å². The number of para-hydroxylation sites is 1. The number of nitrogens with one attached hydrogen (secondary N) is 1. The van der Waals surface area contributed by atoms with Crippen LogP contribution in [0.3, 0.4) is 0 Å². The van der Waals surface area contributed by atoms with Crippen LogP contribution in [-0.2, 0) is 16.0 Å². The summed E-state index contributed by atoms with van der Waals surface area (Å²) in [6.45, 7) is 3.98. The molecule has 1 aliphatic rings. The maximum Gasteiger partial charge on any atom is 0.300 e. The van der Waals surface area contributed by atoms with E-state index in [1.165, 1.54) is 4.90 Å². The molecule has 7 heteroatoms. The first-order valence-electron chi connectivity index (χ1n) is 11.7. The summed E-state index contributed by atoms with van der Waals surface area (Å²) in [5.74, 6) is -1.05. The number of aromatic amines is 1. The molecule has 4 aromatic rings. The highest BCUT2D eigenvalue weighted by Crippen LogP contribution is 2.45. The summed E-state index contributed by atoms with van der Waals surface area (Å²) < 4.78 is 5.93. The van der Waals surface area contributed by atoms with Crippen molar-refractivity contribution in [2.24, 2.45) is 0 Å². The predicted molar refractivity (Wildman–Crippen MR) is 144 cm³/mol. The van der Waals surface area contributed by atoms with Crippen molar-refractivity contribution >= 4 is 50.0 Å². The molecule has 0 bridgehead atoms. The van der Waals surface area contributed by atoms with Crippen molar-refractivity contribution in [3.05, 3.63) is 99.2 Å². The molecule has 1 aliphatic heterocycles. The van der Waals surface area contributed by atoms with Crippen LogP contribution in [0.5, 0.6) is 5.75 Å². The number of benzene rings is 3. The third-order valence-electron chi connectivity index (χ3n) is 6.71. The second-order valence-corrected chi connectivity index (χ2v) is 9.60. The van der Waals surface area contributed by atoms with E-state index >= 15 is 0 Å². The highest BCUT2D eigenvalue weighted by Gasteiger charge is 2.48. The predicted octanol–water partition coefficient (Wildman–Crippen LogP) is 6.44. The molecular weight excluding hydrogens is 520 g/mol. The highest BCUT2D eigenvalue weighted by molar-refractivity contribution is 9.10. The van der Waals surface area contributed by atoms with E-state index < -0.39 is 17.7 Å². The fourth-order valence-electron chi connectivity index (χ4n) is 4.88. The molecule has 3 aromatic carbocycles. The number of fused-ring (bicyclic) bond motifs is 1. The van der Waals surface area contributed by atoms with E-state index in [9.17, 15) is 14.7 Å². The summed E-state index contributed by atoms with van der Waals surface area (Å²) in [4.78, 5) is 31.9. The number of aryl methyl sites for hydroxylation is 2. The summed E-state index contributed by atoms with van der Waals surface area (Å²) in [5, 5.41) is 12.4. The second kappa shape index (κ2) is 9.32. The Morgan fingerprint density at radius 3 is 2.47 bits per heavy atom. The Morgan fingerprint density at radius 1 is 1.08 bits per heavy atom. The molecule has 6 nitrogen and oxygen atoms in total. The zero-order valence-electron chi connectivity index (χ0n) is 20.1. The molecule has 182 valence electrons. The lowest BCUT2D eigenvalue weighted by molar-refractivity contribution is -0.132. The van der Waals surface area contributed by atoms with Gasteiger partial charge in [-0.15, -0.1) is 0 Å². The number of aliphatic hydroxyl groups excluding tert-OH is 1. The normalized spacial score (nSPS) is 17.2. The van der Waals surface area contributed by atoms with Crippen molar-refractivity contribution in [3.8, 4) is 5.75 Å². The molecule has 1 fully saturated rings. The molecule has 1 unspecified atom stereocenters. The van der Waals surface area contributed by atoms with E-state index in [4.69, 9.17) is 4.74 Å². The van der Waals surface area contributed by atoms with Gasteiger partial charge in [0.25, 0.3) is 11.7 Å². The summed E-state index contributed by atoms with van der Waals surface area (Å²) in [5.41, 5.74) is 4.66. The Hall–Kier alpha value is -3.84. The molecule has 1 atom stereocenters. The summed E-state index contributed by atoms with van der Waals surface area (Å²) >= 11 is 3.45. The maximum absolute atomic E-state index is 13.5. The number of carbonyl (C=O) groups excluding carboxylic acids is 2. The molecule has 0 aliphatic carbocycles. The van der Waals surface area contributed by atoms with Gasteiger partial charge in [-0.05, 0) is 71.2 Å². The van der Waals surface area contributed by atoms with E-state index in [0.717, 1.165) is 34.1 Å². The number of hydrogen-bond acceptors (Lipinski definition) is 4. The van der Waals surface area contributed by atoms with Crippen LogP contribution < -0.4 is 9.64 Å². The number of ether oxygens (including phenoxy) is 1. The third-order valence-corrected chi connectivity index (χ3v) is 7.33. The van der Waals surface area contributed by atoms with Crippen LogP contribution in [-0.4, -0.2) is 28.9 Å². The van der Waals surface area contributed by atoms with Gasteiger partial charge in [-0.3, -0.25) is 14.5 Å². The number of aliphatic hydroxyl groups is 1. The average molecular weight is 545 g/mol. The summed E-state index contributed by atoms with van der Waals surface area (Å²) in [6, 6.07) is 19.6. The summed E-state index contributed by atoms with van der Waals surface area (Å²) in [6.07, 6.45) is 0.858.